The highest BCUT2D eigenvalue weighted by Crippen LogP contribution is 2.28. The van der Waals surface area contributed by atoms with Crippen LogP contribution in [0.25, 0.3) is 10.9 Å². The SMILES string of the molecule is COc1ccc2c(c1)c(C(=O)NCCS(=O)(=O)CC(C)C)c(C)n2C. The van der Waals surface area contributed by atoms with Crippen LogP contribution < -0.4 is 10.1 Å². The van der Waals surface area contributed by atoms with Gasteiger partial charge in [0.15, 0.2) is 9.84 Å². The number of nitrogens with zero attached hydrogens (tertiary/aromatic N) is 1. The number of aromatic nitrogens is 1. The number of aryl methyl sites for hydroxylation is 1. The molecule has 6 nitrogen and oxygen atoms in total. The molecule has 138 valence electrons. The maximum absolute atomic E-state index is 12.6. The van der Waals surface area contributed by atoms with Crippen LogP contribution in [0.1, 0.15) is 29.9 Å². The van der Waals surface area contributed by atoms with Gasteiger partial charge in [0.05, 0.1) is 24.2 Å². The van der Waals surface area contributed by atoms with Gasteiger partial charge in [0.1, 0.15) is 5.75 Å². The van der Waals surface area contributed by atoms with E-state index in [-0.39, 0.29) is 29.9 Å². The molecular weight excluding hydrogens is 340 g/mol. The van der Waals surface area contributed by atoms with E-state index in [1.165, 1.54) is 0 Å². The number of sulfone groups is 1. The van der Waals surface area contributed by atoms with E-state index in [1.54, 1.807) is 7.11 Å². The average Bonchev–Trinajstić information content (AvgIpc) is 2.76. The lowest BCUT2D eigenvalue weighted by Crippen LogP contribution is -2.30. The lowest BCUT2D eigenvalue weighted by molar-refractivity contribution is 0.0957. The Hall–Kier alpha value is -2.02. The molecule has 0 aliphatic carbocycles. The van der Waals surface area contributed by atoms with Crippen LogP contribution in [-0.4, -0.2) is 44.1 Å². The van der Waals surface area contributed by atoms with Crippen molar-refractivity contribution < 1.29 is 17.9 Å². The largest absolute Gasteiger partial charge is 0.497 e. The molecule has 2 aromatic rings. The predicted molar refractivity (Wildman–Crippen MR) is 100 cm³/mol. The molecule has 1 heterocycles. The maximum atomic E-state index is 12.6. The van der Waals surface area contributed by atoms with Crippen molar-refractivity contribution in [1.82, 2.24) is 9.88 Å². The smallest absolute Gasteiger partial charge is 0.253 e. The lowest BCUT2D eigenvalue weighted by Gasteiger charge is -2.09. The predicted octanol–water partition coefficient (Wildman–Crippen LogP) is 2.30. The van der Waals surface area contributed by atoms with Gasteiger partial charge in [-0.1, -0.05) is 13.8 Å². The zero-order chi connectivity index (χ0) is 18.8. The summed E-state index contributed by atoms with van der Waals surface area (Å²) in [5, 5.41) is 3.53. The summed E-state index contributed by atoms with van der Waals surface area (Å²) in [5.74, 6) is 0.563. The maximum Gasteiger partial charge on any atom is 0.253 e. The van der Waals surface area contributed by atoms with Crippen molar-refractivity contribution in [2.45, 2.75) is 20.8 Å². The number of ether oxygens (including phenoxy) is 1. The molecule has 1 amide bonds. The topological polar surface area (TPSA) is 77.4 Å². The van der Waals surface area contributed by atoms with Crippen LogP contribution in [-0.2, 0) is 16.9 Å². The summed E-state index contributed by atoms with van der Waals surface area (Å²) in [6.45, 7) is 5.70. The first-order chi connectivity index (χ1) is 11.7. The molecule has 1 aromatic carbocycles. The highest BCUT2D eigenvalue weighted by Gasteiger charge is 2.20. The fraction of sp³-hybridized carbons (Fsp3) is 0.500. The van der Waals surface area contributed by atoms with Gasteiger partial charge < -0.3 is 14.6 Å². The summed E-state index contributed by atoms with van der Waals surface area (Å²) < 4.78 is 31.1. The second-order valence-corrected chi connectivity index (χ2v) is 8.90. The first-order valence-corrected chi connectivity index (χ1v) is 10.1. The third-order valence-electron chi connectivity index (χ3n) is 4.21. The number of fused-ring (bicyclic) bond motifs is 1. The van der Waals surface area contributed by atoms with E-state index in [1.807, 2.05) is 50.6 Å². The second kappa shape index (κ2) is 7.47. The molecule has 1 aromatic heterocycles. The van der Waals surface area contributed by atoms with Crippen LogP contribution in [0.4, 0.5) is 0 Å². The summed E-state index contributed by atoms with van der Waals surface area (Å²) in [4.78, 5) is 12.6. The Morgan fingerprint density at radius 3 is 2.60 bits per heavy atom. The molecule has 0 saturated carbocycles. The molecule has 0 fully saturated rings. The Labute approximate surface area is 149 Å². The number of nitrogens with one attached hydrogen (secondary N) is 1. The summed E-state index contributed by atoms with van der Waals surface area (Å²) in [7, 11) is 0.320. The number of methoxy groups -OCH3 is 1. The van der Waals surface area contributed by atoms with Gasteiger partial charge in [0.2, 0.25) is 0 Å². The Bertz CT molecular complexity index is 882. The number of hydrogen-bond donors (Lipinski definition) is 1. The number of carbonyl (C=O) groups excluding carboxylic acids is 1. The fourth-order valence-electron chi connectivity index (χ4n) is 2.96. The fourth-order valence-corrected chi connectivity index (χ4v) is 4.56. The number of amides is 1. The van der Waals surface area contributed by atoms with E-state index in [9.17, 15) is 13.2 Å². The average molecular weight is 366 g/mol. The third-order valence-corrected chi connectivity index (χ3v) is 6.21. The van der Waals surface area contributed by atoms with Crippen molar-refractivity contribution in [2.75, 3.05) is 25.2 Å². The highest BCUT2D eigenvalue weighted by atomic mass is 32.2. The molecule has 0 unspecified atom stereocenters. The van der Waals surface area contributed by atoms with Crippen LogP contribution in [0.3, 0.4) is 0 Å². The van der Waals surface area contributed by atoms with Crippen molar-refractivity contribution in [1.29, 1.82) is 0 Å². The molecule has 0 atom stereocenters. The van der Waals surface area contributed by atoms with E-state index < -0.39 is 9.84 Å². The van der Waals surface area contributed by atoms with E-state index in [2.05, 4.69) is 5.32 Å². The first-order valence-electron chi connectivity index (χ1n) is 8.28. The van der Waals surface area contributed by atoms with Crippen molar-refractivity contribution in [2.24, 2.45) is 13.0 Å². The van der Waals surface area contributed by atoms with Gasteiger partial charge in [-0.25, -0.2) is 8.42 Å². The van der Waals surface area contributed by atoms with Gasteiger partial charge in [-0.2, -0.15) is 0 Å². The molecule has 1 N–H and O–H groups in total. The van der Waals surface area contributed by atoms with Crippen LogP contribution >= 0.6 is 0 Å². The zero-order valence-corrected chi connectivity index (χ0v) is 16.2. The summed E-state index contributed by atoms with van der Waals surface area (Å²) >= 11 is 0. The van der Waals surface area contributed by atoms with Crippen LogP contribution in [0.5, 0.6) is 5.75 Å². The summed E-state index contributed by atoms with van der Waals surface area (Å²) in [5.41, 5.74) is 2.30. The van der Waals surface area contributed by atoms with Crippen molar-refractivity contribution in [3.8, 4) is 5.75 Å². The molecule has 0 saturated heterocycles. The Morgan fingerprint density at radius 1 is 1.32 bits per heavy atom. The molecule has 25 heavy (non-hydrogen) atoms. The van der Waals surface area contributed by atoms with E-state index in [0.717, 1.165) is 16.6 Å². The number of benzene rings is 1. The van der Waals surface area contributed by atoms with Gasteiger partial charge in [0, 0.05) is 30.2 Å². The molecule has 0 aliphatic rings. The minimum absolute atomic E-state index is 0.0515. The zero-order valence-electron chi connectivity index (χ0n) is 15.4. The first kappa shape index (κ1) is 19.3. The van der Waals surface area contributed by atoms with Crippen molar-refractivity contribution in [3.05, 3.63) is 29.5 Å². The Morgan fingerprint density at radius 2 is 2.00 bits per heavy atom. The highest BCUT2D eigenvalue weighted by molar-refractivity contribution is 7.91. The standard InChI is InChI=1S/C18H26N2O4S/c1-12(2)11-25(22,23)9-8-19-18(21)17-13(3)20(4)16-7-6-14(24-5)10-15(16)17/h6-7,10,12H,8-9,11H2,1-5H3,(H,19,21). The van der Waals surface area contributed by atoms with Gasteiger partial charge in [0.25, 0.3) is 5.91 Å². The second-order valence-electron chi connectivity index (χ2n) is 6.67. The van der Waals surface area contributed by atoms with Crippen LogP contribution in [0.15, 0.2) is 18.2 Å². The Balaban J connectivity index is 2.21. The van der Waals surface area contributed by atoms with E-state index >= 15 is 0 Å². The Kier molecular flexibility index (Phi) is 5.77. The van der Waals surface area contributed by atoms with Gasteiger partial charge in [-0.3, -0.25) is 4.79 Å². The molecule has 0 aliphatic heterocycles. The molecule has 0 radical (unpaired) electrons. The molecule has 2 rings (SSSR count). The van der Waals surface area contributed by atoms with Crippen molar-refractivity contribution >= 4 is 26.6 Å². The van der Waals surface area contributed by atoms with Gasteiger partial charge in [-0.15, -0.1) is 0 Å². The molecule has 0 spiro atoms. The lowest BCUT2D eigenvalue weighted by atomic mass is 10.1. The molecule has 7 heteroatoms. The quantitative estimate of drug-likeness (QED) is 0.816. The minimum atomic E-state index is -3.16. The van der Waals surface area contributed by atoms with Gasteiger partial charge >= 0.3 is 0 Å². The van der Waals surface area contributed by atoms with E-state index in [0.29, 0.717) is 11.3 Å². The molecule has 0 bridgehead atoms. The number of rotatable bonds is 7. The number of carbonyl (C=O) groups is 1. The monoisotopic (exact) mass is 366 g/mol. The normalized spacial score (nSPS) is 11.9. The summed E-state index contributed by atoms with van der Waals surface area (Å²) in [6.07, 6.45) is 0. The van der Waals surface area contributed by atoms with Crippen LogP contribution in [0.2, 0.25) is 0 Å². The minimum Gasteiger partial charge on any atom is -0.497 e. The third kappa shape index (κ3) is 4.34. The summed E-state index contributed by atoms with van der Waals surface area (Å²) in [6, 6.07) is 5.58. The van der Waals surface area contributed by atoms with Gasteiger partial charge in [-0.05, 0) is 31.0 Å². The number of hydrogen-bond acceptors (Lipinski definition) is 4. The van der Waals surface area contributed by atoms with Crippen molar-refractivity contribution in [3.63, 3.8) is 0 Å². The molecular formula is C18H26N2O4S. The van der Waals surface area contributed by atoms with E-state index in [4.69, 9.17) is 4.74 Å². The van der Waals surface area contributed by atoms with Crippen LogP contribution in [0, 0.1) is 12.8 Å².